The van der Waals surface area contributed by atoms with Gasteiger partial charge >= 0.3 is 5.97 Å². The number of benzene rings is 1. The van der Waals surface area contributed by atoms with Crippen molar-refractivity contribution in [2.75, 3.05) is 0 Å². The van der Waals surface area contributed by atoms with Crippen LogP contribution in [0.4, 0.5) is 0 Å². The van der Waals surface area contributed by atoms with Gasteiger partial charge in [0.2, 0.25) is 11.7 Å². The molecule has 0 spiro atoms. The van der Waals surface area contributed by atoms with Crippen molar-refractivity contribution in [2.24, 2.45) is 0 Å². The van der Waals surface area contributed by atoms with Crippen molar-refractivity contribution < 1.29 is 18.7 Å². The Morgan fingerprint density at radius 2 is 2.00 bits per heavy atom. The Kier molecular flexibility index (Phi) is 4.79. The molecule has 0 saturated carbocycles. The number of carbonyl (C=O) groups is 2. The molecule has 0 saturated heterocycles. The van der Waals surface area contributed by atoms with E-state index in [0.717, 1.165) is 22.2 Å². The minimum absolute atomic E-state index is 0.107. The summed E-state index contributed by atoms with van der Waals surface area (Å²) in [6.07, 6.45) is 0. The molecule has 1 aromatic carbocycles. The Balaban J connectivity index is 1.69. The minimum atomic E-state index is -0.548. The van der Waals surface area contributed by atoms with Crippen LogP contribution in [0.25, 0.3) is 10.9 Å². The quantitative estimate of drug-likeness (QED) is 0.723. The van der Waals surface area contributed by atoms with Crippen LogP contribution < -0.4 is 5.32 Å². The van der Waals surface area contributed by atoms with Crippen molar-refractivity contribution in [1.82, 2.24) is 10.3 Å². The summed E-state index contributed by atoms with van der Waals surface area (Å²) in [5.41, 5.74) is 2.62. The van der Waals surface area contributed by atoms with Gasteiger partial charge in [-0.25, -0.2) is 4.79 Å². The number of nitrogens with zero attached hydrogens (tertiary/aromatic N) is 1. The van der Waals surface area contributed by atoms with Gasteiger partial charge in [0.25, 0.3) is 0 Å². The summed E-state index contributed by atoms with van der Waals surface area (Å²) in [5.74, 6) is -0.115. The van der Waals surface area contributed by atoms with Crippen LogP contribution in [0, 0.1) is 6.92 Å². The number of nitrogens with one attached hydrogen (secondary N) is 1. The van der Waals surface area contributed by atoms with Crippen molar-refractivity contribution in [2.45, 2.75) is 27.0 Å². The first-order valence-corrected chi connectivity index (χ1v) is 7.88. The molecule has 0 radical (unpaired) electrons. The molecule has 2 aromatic heterocycles. The Morgan fingerprint density at radius 3 is 2.80 bits per heavy atom. The predicted molar refractivity (Wildman–Crippen MR) is 91.8 cm³/mol. The lowest BCUT2D eigenvalue weighted by molar-refractivity contribution is -0.119. The molecule has 3 rings (SSSR count). The molecule has 1 N–H and O–H groups in total. The third-order valence-corrected chi connectivity index (χ3v) is 3.66. The Bertz CT molecular complexity index is 930. The number of esters is 1. The van der Waals surface area contributed by atoms with Crippen LogP contribution in [0.3, 0.4) is 0 Å². The molecule has 0 aliphatic heterocycles. The zero-order chi connectivity index (χ0) is 17.8. The van der Waals surface area contributed by atoms with Crippen LogP contribution in [-0.4, -0.2) is 16.9 Å². The number of para-hydroxylation sites is 1. The van der Waals surface area contributed by atoms with Gasteiger partial charge in [-0.2, -0.15) is 0 Å². The molecular formula is C19H18N2O4. The summed E-state index contributed by atoms with van der Waals surface area (Å²) < 4.78 is 10.8. The molecule has 0 bridgehead atoms. The number of hydrogen-bond acceptors (Lipinski definition) is 5. The summed E-state index contributed by atoms with van der Waals surface area (Å²) in [4.78, 5) is 27.5. The van der Waals surface area contributed by atoms with E-state index in [1.54, 1.807) is 6.07 Å². The molecule has 1 amide bonds. The Morgan fingerprint density at radius 1 is 1.20 bits per heavy atom. The van der Waals surface area contributed by atoms with Gasteiger partial charge in [-0.15, -0.1) is 0 Å². The first-order valence-electron chi connectivity index (χ1n) is 7.88. The molecule has 0 fully saturated rings. The van der Waals surface area contributed by atoms with Gasteiger partial charge in [-0.1, -0.05) is 18.2 Å². The Hall–Kier alpha value is -3.15. The molecule has 3 aromatic rings. The van der Waals surface area contributed by atoms with E-state index in [2.05, 4.69) is 10.3 Å². The first-order chi connectivity index (χ1) is 12.0. The van der Waals surface area contributed by atoms with Gasteiger partial charge in [0, 0.05) is 23.6 Å². The second-order valence-electron chi connectivity index (χ2n) is 5.69. The third-order valence-electron chi connectivity index (χ3n) is 3.66. The number of aryl methyl sites for hydroxylation is 1. The number of hydrogen-bond donors (Lipinski definition) is 1. The van der Waals surface area contributed by atoms with E-state index in [4.69, 9.17) is 9.15 Å². The molecule has 2 heterocycles. The highest BCUT2D eigenvalue weighted by molar-refractivity contribution is 5.87. The lowest BCUT2D eigenvalue weighted by Gasteiger charge is -2.08. The number of furan rings is 1. The highest BCUT2D eigenvalue weighted by atomic mass is 16.5. The lowest BCUT2D eigenvalue weighted by Crippen LogP contribution is -2.18. The molecule has 0 aliphatic carbocycles. The number of amides is 1. The molecular weight excluding hydrogens is 320 g/mol. The summed E-state index contributed by atoms with van der Waals surface area (Å²) >= 11 is 0. The van der Waals surface area contributed by atoms with E-state index in [0.29, 0.717) is 5.76 Å². The van der Waals surface area contributed by atoms with Gasteiger partial charge < -0.3 is 14.5 Å². The maximum Gasteiger partial charge on any atom is 0.374 e. The highest BCUT2D eigenvalue weighted by Crippen LogP contribution is 2.19. The fraction of sp³-hybridized carbons (Fsp3) is 0.211. The van der Waals surface area contributed by atoms with E-state index in [-0.39, 0.29) is 24.8 Å². The highest BCUT2D eigenvalue weighted by Gasteiger charge is 2.14. The van der Waals surface area contributed by atoms with Crippen LogP contribution in [-0.2, 0) is 22.7 Å². The first kappa shape index (κ1) is 16.7. The van der Waals surface area contributed by atoms with Crippen LogP contribution in [0.1, 0.15) is 34.5 Å². The number of ether oxygens (including phenoxy) is 1. The van der Waals surface area contributed by atoms with Gasteiger partial charge in [0.15, 0.2) is 0 Å². The van der Waals surface area contributed by atoms with E-state index >= 15 is 0 Å². The number of rotatable bonds is 5. The molecule has 0 aliphatic rings. The van der Waals surface area contributed by atoms with Crippen molar-refractivity contribution in [3.05, 3.63) is 65.2 Å². The number of fused-ring (bicyclic) bond motifs is 1. The normalized spacial score (nSPS) is 10.6. The van der Waals surface area contributed by atoms with Crippen LogP contribution in [0.5, 0.6) is 0 Å². The minimum Gasteiger partial charge on any atom is -0.455 e. The second kappa shape index (κ2) is 7.17. The lowest BCUT2D eigenvalue weighted by atomic mass is 10.1. The molecule has 0 atom stereocenters. The van der Waals surface area contributed by atoms with Crippen molar-refractivity contribution in [3.8, 4) is 0 Å². The molecule has 25 heavy (non-hydrogen) atoms. The van der Waals surface area contributed by atoms with Crippen molar-refractivity contribution in [1.29, 1.82) is 0 Å². The van der Waals surface area contributed by atoms with Crippen molar-refractivity contribution in [3.63, 3.8) is 0 Å². The monoisotopic (exact) mass is 338 g/mol. The van der Waals surface area contributed by atoms with Crippen LogP contribution >= 0.6 is 0 Å². The standard InChI is InChI=1S/C19H18N2O4/c1-12-9-14(16-5-3-4-6-17(16)21-12)11-24-19(23)18-8-7-15(25-18)10-20-13(2)22/h3-9H,10-11H2,1-2H3,(H,20,22). The topological polar surface area (TPSA) is 81.4 Å². The average Bonchev–Trinajstić information content (AvgIpc) is 3.06. The largest absolute Gasteiger partial charge is 0.455 e. The summed E-state index contributed by atoms with van der Waals surface area (Å²) in [5, 5.41) is 3.56. The zero-order valence-electron chi connectivity index (χ0n) is 14.0. The van der Waals surface area contributed by atoms with E-state index < -0.39 is 5.97 Å². The van der Waals surface area contributed by atoms with E-state index in [1.807, 2.05) is 37.3 Å². The smallest absolute Gasteiger partial charge is 0.374 e. The fourth-order valence-electron chi connectivity index (χ4n) is 2.52. The van der Waals surface area contributed by atoms with E-state index in [1.165, 1.54) is 13.0 Å². The van der Waals surface area contributed by atoms with E-state index in [9.17, 15) is 9.59 Å². The maximum atomic E-state index is 12.2. The number of pyridine rings is 1. The predicted octanol–water partition coefficient (Wildman–Crippen LogP) is 3.13. The fourth-order valence-corrected chi connectivity index (χ4v) is 2.52. The SMILES string of the molecule is CC(=O)NCc1ccc(C(=O)OCc2cc(C)nc3ccccc23)o1. The molecule has 6 nitrogen and oxygen atoms in total. The zero-order valence-corrected chi connectivity index (χ0v) is 14.0. The number of aromatic nitrogens is 1. The molecule has 128 valence electrons. The van der Waals surface area contributed by atoms with Crippen LogP contribution in [0.15, 0.2) is 46.9 Å². The summed E-state index contributed by atoms with van der Waals surface area (Å²) in [6.45, 7) is 3.68. The van der Waals surface area contributed by atoms with Gasteiger partial charge in [0.05, 0.1) is 12.1 Å². The second-order valence-corrected chi connectivity index (χ2v) is 5.69. The molecule has 0 unspecified atom stereocenters. The van der Waals surface area contributed by atoms with Gasteiger partial charge in [-0.3, -0.25) is 9.78 Å². The Labute approximate surface area is 144 Å². The summed E-state index contributed by atoms with van der Waals surface area (Å²) in [7, 11) is 0. The third kappa shape index (κ3) is 4.03. The van der Waals surface area contributed by atoms with Crippen LogP contribution in [0.2, 0.25) is 0 Å². The maximum absolute atomic E-state index is 12.2. The van der Waals surface area contributed by atoms with Gasteiger partial charge in [-0.05, 0) is 31.2 Å². The summed E-state index contributed by atoms with van der Waals surface area (Å²) in [6, 6.07) is 12.8. The number of carbonyl (C=O) groups excluding carboxylic acids is 2. The van der Waals surface area contributed by atoms with Gasteiger partial charge in [0.1, 0.15) is 12.4 Å². The average molecular weight is 338 g/mol. The van der Waals surface area contributed by atoms with Crippen molar-refractivity contribution >= 4 is 22.8 Å². The molecule has 6 heteroatoms.